The highest BCUT2D eigenvalue weighted by Crippen LogP contribution is 2.29. The Bertz CT molecular complexity index is 1230. The summed E-state index contributed by atoms with van der Waals surface area (Å²) in [4.78, 5) is 19.6. The number of benzene rings is 2. The zero-order chi connectivity index (χ0) is 20.5. The summed E-state index contributed by atoms with van der Waals surface area (Å²) in [7, 11) is 0. The first-order valence-electron chi connectivity index (χ1n) is 10.4. The van der Waals surface area contributed by atoms with Crippen LogP contribution >= 0.6 is 11.8 Å². The van der Waals surface area contributed by atoms with Crippen LogP contribution < -0.4 is 4.90 Å². The third-order valence-electron chi connectivity index (χ3n) is 5.54. The molecule has 7 heteroatoms. The van der Waals surface area contributed by atoms with Gasteiger partial charge in [0.2, 0.25) is 11.1 Å². The highest BCUT2D eigenvalue weighted by Gasteiger charge is 2.23. The number of aryl methyl sites for hydroxylation is 2. The van der Waals surface area contributed by atoms with Gasteiger partial charge in [0.25, 0.3) is 0 Å². The molecule has 1 aliphatic heterocycles. The van der Waals surface area contributed by atoms with Crippen molar-refractivity contribution in [2.45, 2.75) is 37.9 Å². The number of carbonyl (C=O) groups is 1. The number of hydrogen-bond acceptors (Lipinski definition) is 5. The minimum absolute atomic E-state index is 0.0879. The van der Waals surface area contributed by atoms with Crippen LogP contribution in [0.3, 0.4) is 0 Å². The largest absolute Gasteiger partial charge is 0.324 e. The van der Waals surface area contributed by atoms with E-state index in [1.807, 2.05) is 35.2 Å². The maximum absolute atomic E-state index is 12.9. The number of amides is 1. The topological polar surface area (TPSA) is 63.9 Å². The fourth-order valence-corrected chi connectivity index (χ4v) is 4.86. The van der Waals surface area contributed by atoms with Gasteiger partial charge in [0, 0.05) is 24.2 Å². The molecule has 30 heavy (non-hydrogen) atoms. The molecule has 6 nitrogen and oxygen atoms in total. The molecule has 0 aliphatic carbocycles. The lowest BCUT2D eigenvalue weighted by Gasteiger charge is -2.29. The second kappa shape index (κ2) is 8.07. The van der Waals surface area contributed by atoms with Gasteiger partial charge in [-0.2, -0.15) is 0 Å². The van der Waals surface area contributed by atoms with E-state index in [2.05, 4.69) is 39.9 Å². The number of carbonyl (C=O) groups excluding carboxylic acids is 1. The molecule has 3 heterocycles. The van der Waals surface area contributed by atoms with Crippen molar-refractivity contribution in [1.29, 1.82) is 0 Å². The van der Waals surface area contributed by atoms with Crippen molar-refractivity contribution >= 4 is 45.4 Å². The minimum atomic E-state index is 0.0879. The third kappa shape index (κ3) is 3.33. The molecule has 0 bridgehead atoms. The van der Waals surface area contributed by atoms with Crippen molar-refractivity contribution in [3.8, 4) is 0 Å². The summed E-state index contributed by atoms with van der Waals surface area (Å²) < 4.78 is 2.20. The summed E-state index contributed by atoms with van der Waals surface area (Å²) in [5, 5.41) is 10.4. The quantitative estimate of drug-likeness (QED) is 0.449. The van der Waals surface area contributed by atoms with E-state index in [0.717, 1.165) is 60.1 Å². The molecule has 4 aromatic rings. The van der Waals surface area contributed by atoms with Gasteiger partial charge in [-0.25, -0.2) is 4.98 Å². The van der Waals surface area contributed by atoms with Crippen molar-refractivity contribution in [3.05, 3.63) is 54.1 Å². The first-order valence-corrected chi connectivity index (χ1v) is 11.4. The Morgan fingerprint density at radius 1 is 1.10 bits per heavy atom. The zero-order valence-electron chi connectivity index (χ0n) is 16.9. The van der Waals surface area contributed by atoms with E-state index in [9.17, 15) is 4.79 Å². The van der Waals surface area contributed by atoms with Gasteiger partial charge in [0.1, 0.15) is 5.52 Å². The summed E-state index contributed by atoms with van der Waals surface area (Å²) >= 11 is 1.36. The van der Waals surface area contributed by atoms with Gasteiger partial charge in [-0.1, -0.05) is 55.1 Å². The summed E-state index contributed by atoms with van der Waals surface area (Å²) in [6.45, 7) is 3.79. The van der Waals surface area contributed by atoms with E-state index in [-0.39, 0.29) is 5.91 Å². The molecule has 1 amide bonds. The van der Waals surface area contributed by atoms with E-state index in [4.69, 9.17) is 4.98 Å². The van der Waals surface area contributed by atoms with Crippen molar-refractivity contribution in [2.75, 3.05) is 17.2 Å². The molecular weight excluding hydrogens is 394 g/mol. The fourth-order valence-electron chi connectivity index (χ4n) is 4.20. The lowest BCUT2D eigenvalue weighted by Crippen LogP contribution is -2.36. The van der Waals surface area contributed by atoms with Gasteiger partial charge in [0.05, 0.1) is 11.3 Å². The van der Waals surface area contributed by atoms with Crippen molar-refractivity contribution in [3.63, 3.8) is 0 Å². The maximum Gasteiger partial charge on any atom is 0.237 e. The predicted octanol–water partition coefficient (Wildman–Crippen LogP) is 4.46. The molecule has 0 radical (unpaired) electrons. The van der Waals surface area contributed by atoms with Gasteiger partial charge < -0.3 is 9.47 Å². The Balaban J connectivity index is 1.40. The molecule has 1 aliphatic rings. The molecule has 0 spiro atoms. The molecule has 2 aromatic carbocycles. The van der Waals surface area contributed by atoms with Crippen molar-refractivity contribution in [2.24, 2.45) is 0 Å². The Hall–Kier alpha value is -2.93. The van der Waals surface area contributed by atoms with Crippen LogP contribution in [0.2, 0.25) is 0 Å². The molecule has 0 N–H and O–H groups in total. The summed E-state index contributed by atoms with van der Waals surface area (Å²) in [5.74, 6) is 0.389. The fraction of sp³-hybridized carbons (Fsp3) is 0.304. The monoisotopic (exact) mass is 417 g/mol. The normalized spacial score (nSPS) is 13.7. The van der Waals surface area contributed by atoms with Crippen LogP contribution in [0.25, 0.3) is 22.1 Å². The Labute approximate surface area is 179 Å². The number of thioether (sulfide) groups is 1. The Morgan fingerprint density at radius 2 is 1.93 bits per heavy atom. The Morgan fingerprint density at radius 3 is 2.83 bits per heavy atom. The van der Waals surface area contributed by atoms with Gasteiger partial charge in [-0.05, 0) is 37.0 Å². The highest BCUT2D eigenvalue weighted by molar-refractivity contribution is 7.99. The molecular formula is C23H23N5OS. The van der Waals surface area contributed by atoms with E-state index in [1.165, 1.54) is 17.3 Å². The van der Waals surface area contributed by atoms with Crippen LogP contribution in [0.5, 0.6) is 0 Å². The number of para-hydroxylation sites is 2. The van der Waals surface area contributed by atoms with Crippen LogP contribution in [-0.2, 0) is 17.8 Å². The van der Waals surface area contributed by atoms with Gasteiger partial charge in [-0.15, -0.1) is 10.2 Å². The smallest absolute Gasteiger partial charge is 0.237 e. The molecule has 0 atom stereocenters. The van der Waals surface area contributed by atoms with Crippen LogP contribution in [0.4, 0.5) is 5.69 Å². The summed E-state index contributed by atoms with van der Waals surface area (Å²) in [5.41, 5.74) is 5.06. The molecule has 0 saturated carbocycles. The number of fused-ring (bicyclic) bond motifs is 4. The lowest BCUT2D eigenvalue weighted by atomic mass is 10.0. The van der Waals surface area contributed by atoms with Gasteiger partial charge >= 0.3 is 0 Å². The number of hydrogen-bond donors (Lipinski definition) is 0. The van der Waals surface area contributed by atoms with E-state index in [0.29, 0.717) is 10.9 Å². The number of nitrogens with zero attached hydrogens (tertiary/aromatic N) is 5. The number of rotatable bonds is 5. The first-order chi connectivity index (χ1) is 14.8. The Kier molecular flexibility index (Phi) is 5.12. The average Bonchev–Trinajstić information content (AvgIpc) is 3.10. The lowest BCUT2D eigenvalue weighted by molar-refractivity contribution is -0.116. The molecule has 2 aromatic heterocycles. The zero-order valence-corrected chi connectivity index (χ0v) is 17.7. The van der Waals surface area contributed by atoms with Crippen LogP contribution in [-0.4, -0.2) is 38.0 Å². The maximum atomic E-state index is 12.9. The van der Waals surface area contributed by atoms with E-state index in [1.54, 1.807) is 0 Å². The van der Waals surface area contributed by atoms with Crippen LogP contribution in [0.15, 0.2) is 53.7 Å². The first kappa shape index (κ1) is 19.1. The van der Waals surface area contributed by atoms with Gasteiger partial charge in [0.15, 0.2) is 5.65 Å². The molecule has 0 saturated heterocycles. The molecule has 152 valence electrons. The third-order valence-corrected chi connectivity index (χ3v) is 6.36. The molecule has 5 rings (SSSR count). The molecule has 0 unspecified atom stereocenters. The summed E-state index contributed by atoms with van der Waals surface area (Å²) in [6, 6.07) is 16.4. The van der Waals surface area contributed by atoms with Gasteiger partial charge in [-0.3, -0.25) is 4.79 Å². The van der Waals surface area contributed by atoms with Crippen LogP contribution in [0, 0.1) is 0 Å². The number of aromatic nitrogens is 4. The minimum Gasteiger partial charge on any atom is -0.324 e. The number of anilines is 1. The second-order valence-electron chi connectivity index (χ2n) is 7.50. The van der Waals surface area contributed by atoms with E-state index >= 15 is 0 Å². The van der Waals surface area contributed by atoms with Crippen molar-refractivity contribution in [1.82, 2.24) is 19.7 Å². The van der Waals surface area contributed by atoms with E-state index < -0.39 is 0 Å². The van der Waals surface area contributed by atoms with Crippen molar-refractivity contribution < 1.29 is 4.79 Å². The SMILES string of the molecule is CCCn1c2ccccc2c2nnc(SCC(=O)N3CCCc4ccccc43)nc21. The second-order valence-corrected chi connectivity index (χ2v) is 8.44. The summed E-state index contributed by atoms with van der Waals surface area (Å²) in [6.07, 6.45) is 3.03. The molecule has 0 fully saturated rings. The average molecular weight is 418 g/mol. The van der Waals surface area contributed by atoms with Crippen LogP contribution in [0.1, 0.15) is 25.3 Å². The highest BCUT2D eigenvalue weighted by atomic mass is 32.2. The predicted molar refractivity (Wildman–Crippen MR) is 121 cm³/mol. The standard InChI is InChI=1S/C23H23N5OS/c1-2-13-28-19-12-6-4-10-17(19)21-22(28)24-23(26-25-21)30-15-20(29)27-14-7-9-16-8-3-5-11-18(16)27/h3-6,8,10-12H,2,7,9,13-15H2,1H3.